The Balaban J connectivity index is 2.42. The van der Waals surface area contributed by atoms with E-state index >= 15 is 0 Å². The summed E-state index contributed by atoms with van der Waals surface area (Å²) in [7, 11) is 1.27. The Hall–Kier alpha value is -1.85. The Labute approximate surface area is 90.2 Å². The van der Waals surface area contributed by atoms with Crippen LogP contribution in [0.5, 0.6) is 5.75 Å². The van der Waals surface area contributed by atoms with Gasteiger partial charge in [-0.05, 0) is 6.07 Å². The van der Waals surface area contributed by atoms with Gasteiger partial charge in [-0.15, -0.1) is 0 Å². The Morgan fingerprint density at radius 3 is 2.81 bits per heavy atom. The Bertz CT molecular complexity index is 436. The van der Waals surface area contributed by atoms with Gasteiger partial charge in [0.15, 0.2) is 11.6 Å². The first-order valence-electron chi connectivity index (χ1n) is 4.59. The Morgan fingerprint density at radius 2 is 2.25 bits per heavy atom. The zero-order chi connectivity index (χ0) is 11.7. The van der Waals surface area contributed by atoms with E-state index in [1.807, 2.05) is 0 Å². The molecule has 1 unspecified atom stereocenters. The van der Waals surface area contributed by atoms with Crippen molar-refractivity contribution in [2.75, 3.05) is 13.7 Å². The third-order valence-corrected chi connectivity index (χ3v) is 2.27. The van der Waals surface area contributed by atoms with Gasteiger partial charge >= 0.3 is 6.09 Å². The molecule has 6 heteroatoms. The number of carbonyl (C=O) groups is 1. The summed E-state index contributed by atoms with van der Waals surface area (Å²) in [5.74, 6) is -1.67. The number of cyclic esters (lactones) is 1. The summed E-state index contributed by atoms with van der Waals surface area (Å²) in [5, 5.41) is 2.40. The molecule has 0 saturated carbocycles. The van der Waals surface area contributed by atoms with Gasteiger partial charge in [0.1, 0.15) is 11.9 Å². The molecular weight excluding hydrogens is 220 g/mol. The molecule has 1 aliphatic heterocycles. The molecule has 1 amide bonds. The van der Waals surface area contributed by atoms with E-state index in [2.05, 4.69) is 5.32 Å². The summed E-state index contributed by atoms with van der Waals surface area (Å²) >= 11 is 0. The van der Waals surface area contributed by atoms with Crippen LogP contribution in [0.1, 0.15) is 11.7 Å². The molecule has 0 aromatic heterocycles. The maximum atomic E-state index is 13.3. The van der Waals surface area contributed by atoms with Crippen molar-refractivity contribution in [1.82, 2.24) is 5.32 Å². The SMILES string of the molecule is COc1c(F)cc(F)cc1C1CNC(=O)O1. The van der Waals surface area contributed by atoms with Crippen LogP contribution in [0.25, 0.3) is 0 Å². The van der Waals surface area contributed by atoms with Gasteiger partial charge in [-0.1, -0.05) is 0 Å². The number of amides is 1. The highest BCUT2D eigenvalue weighted by atomic mass is 19.1. The van der Waals surface area contributed by atoms with Gasteiger partial charge in [-0.25, -0.2) is 13.6 Å². The van der Waals surface area contributed by atoms with Crippen molar-refractivity contribution in [1.29, 1.82) is 0 Å². The van der Waals surface area contributed by atoms with Gasteiger partial charge in [0.25, 0.3) is 0 Å². The normalized spacial score (nSPS) is 19.2. The van der Waals surface area contributed by atoms with Crippen LogP contribution in [-0.4, -0.2) is 19.7 Å². The average Bonchev–Trinajstić information content (AvgIpc) is 2.63. The van der Waals surface area contributed by atoms with Crippen LogP contribution in [0, 0.1) is 11.6 Å². The first-order valence-corrected chi connectivity index (χ1v) is 4.59. The summed E-state index contributed by atoms with van der Waals surface area (Å²) in [4.78, 5) is 10.8. The fourth-order valence-electron chi connectivity index (χ4n) is 1.60. The zero-order valence-corrected chi connectivity index (χ0v) is 8.42. The summed E-state index contributed by atoms with van der Waals surface area (Å²) in [6.07, 6.45) is -1.34. The molecule has 2 rings (SSSR count). The van der Waals surface area contributed by atoms with E-state index < -0.39 is 23.8 Å². The molecule has 0 aliphatic carbocycles. The van der Waals surface area contributed by atoms with Gasteiger partial charge in [-0.2, -0.15) is 0 Å². The lowest BCUT2D eigenvalue weighted by molar-refractivity contribution is 0.139. The molecule has 0 bridgehead atoms. The van der Waals surface area contributed by atoms with Crippen LogP contribution in [0.4, 0.5) is 13.6 Å². The molecule has 4 nitrogen and oxygen atoms in total. The van der Waals surface area contributed by atoms with Crippen LogP contribution < -0.4 is 10.1 Å². The van der Waals surface area contributed by atoms with Crippen LogP contribution in [0.3, 0.4) is 0 Å². The second kappa shape index (κ2) is 3.96. The molecule has 1 aromatic carbocycles. The quantitative estimate of drug-likeness (QED) is 0.840. The van der Waals surface area contributed by atoms with Crippen LogP contribution in [-0.2, 0) is 4.74 Å². The van der Waals surface area contributed by atoms with Gasteiger partial charge in [0.2, 0.25) is 0 Å². The van der Waals surface area contributed by atoms with E-state index in [1.165, 1.54) is 7.11 Å². The monoisotopic (exact) mass is 229 g/mol. The van der Waals surface area contributed by atoms with Crippen LogP contribution in [0.15, 0.2) is 12.1 Å². The van der Waals surface area contributed by atoms with E-state index in [0.29, 0.717) is 6.07 Å². The van der Waals surface area contributed by atoms with Crippen molar-refractivity contribution in [3.63, 3.8) is 0 Å². The van der Waals surface area contributed by atoms with Crippen molar-refractivity contribution in [2.45, 2.75) is 6.10 Å². The van der Waals surface area contributed by atoms with Crippen molar-refractivity contribution >= 4 is 6.09 Å². The largest absolute Gasteiger partial charge is 0.493 e. The number of ether oxygens (including phenoxy) is 2. The number of hydrogen-bond acceptors (Lipinski definition) is 3. The van der Waals surface area contributed by atoms with E-state index in [9.17, 15) is 13.6 Å². The second-order valence-electron chi connectivity index (χ2n) is 3.28. The number of halogens is 2. The zero-order valence-electron chi connectivity index (χ0n) is 8.42. The average molecular weight is 229 g/mol. The number of alkyl carbamates (subject to hydrolysis) is 1. The molecule has 1 aromatic rings. The van der Waals surface area contributed by atoms with Crippen LogP contribution >= 0.6 is 0 Å². The third kappa shape index (κ3) is 1.78. The fraction of sp³-hybridized carbons (Fsp3) is 0.300. The molecule has 0 radical (unpaired) electrons. The second-order valence-corrected chi connectivity index (χ2v) is 3.28. The summed E-state index contributed by atoms with van der Waals surface area (Å²) in [6.45, 7) is 0.165. The minimum Gasteiger partial charge on any atom is -0.493 e. The van der Waals surface area contributed by atoms with Crippen molar-refractivity contribution in [3.8, 4) is 5.75 Å². The molecule has 86 valence electrons. The van der Waals surface area contributed by atoms with E-state index in [-0.39, 0.29) is 17.9 Å². The number of hydrogen-bond donors (Lipinski definition) is 1. The lowest BCUT2D eigenvalue weighted by Gasteiger charge is -2.13. The first kappa shape index (κ1) is 10.7. The highest BCUT2D eigenvalue weighted by Gasteiger charge is 2.28. The third-order valence-electron chi connectivity index (χ3n) is 2.27. The molecule has 1 heterocycles. The van der Waals surface area contributed by atoms with Crippen molar-refractivity contribution in [2.24, 2.45) is 0 Å². The first-order chi connectivity index (χ1) is 7.61. The smallest absolute Gasteiger partial charge is 0.407 e. The molecule has 1 N–H and O–H groups in total. The van der Waals surface area contributed by atoms with Crippen molar-refractivity contribution in [3.05, 3.63) is 29.3 Å². The molecule has 1 saturated heterocycles. The topological polar surface area (TPSA) is 47.6 Å². The lowest BCUT2D eigenvalue weighted by Crippen LogP contribution is -2.12. The maximum absolute atomic E-state index is 13.3. The lowest BCUT2D eigenvalue weighted by atomic mass is 10.1. The Morgan fingerprint density at radius 1 is 1.50 bits per heavy atom. The minimum absolute atomic E-state index is 0.108. The summed E-state index contributed by atoms with van der Waals surface area (Å²) < 4.78 is 36.0. The number of benzene rings is 1. The van der Waals surface area contributed by atoms with E-state index in [0.717, 1.165) is 6.07 Å². The molecular formula is C10H9F2NO3. The highest BCUT2D eigenvalue weighted by Crippen LogP contribution is 2.32. The predicted molar refractivity (Wildman–Crippen MR) is 50.1 cm³/mol. The highest BCUT2D eigenvalue weighted by molar-refractivity contribution is 5.70. The van der Waals surface area contributed by atoms with Gasteiger partial charge < -0.3 is 14.8 Å². The molecule has 0 spiro atoms. The number of methoxy groups -OCH3 is 1. The number of nitrogens with one attached hydrogen (secondary N) is 1. The molecule has 1 atom stereocenters. The minimum atomic E-state index is -0.819. The van der Waals surface area contributed by atoms with Crippen LogP contribution in [0.2, 0.25) is 0 Å². The predicted octanol–water partition coefficient (Wildman–Crippen LogP) is 1.75. The summed E-state index contributed by atoms with van der Waals surface area (Å²) in [6, 6.07) is 1.80. The number of carbonyl (C=O) groups excluding carboxylic acids is 1. The molecule has 1 fully saturated rings. The number of rotatable bonds is 2. The van der Waals surface area contributed by atoms with Gasteiger partial charge in [0.05, 0.1) is 13.7 Å². The Kier molecular flexibility index (Phi) is 2.64. The molecule has 1 aliphatic rings. The fourth-order valence-corrected chi connectivity index (χ4v) is 1.60. The maximum Gasteiger partial charge on any atom is 0.407 e. The summed E-state index contributed by atoms with van der Waals surface area (Å²) in [5.41, 5.74) is 0.179. The van der Waals surface area contributed by atoms with E-state index in [4.69, 9.17) is 9.47 Å². The van der Waals surface area contributed by atoms with E-state index in [1.54, 1.807) is 0 Å². The van der Waals surface area contributed by atoms with Gasteiger partial charge in [0, 0.05) is 11.6 Å². The molecule has 16 heavy (non-hydrogen) atoms. The van der Waals surface area contributed by atoms with Crippen molar-refractivity contribution < 1.29 is 23.0 Å². The standard InChI is InChI=1S/C10H9F2NO3/c1-15-9-6(2-5(11)3-7(9)12)8-4-13-10(14)16-8/h2-3,8H,4H2,1H3,(H,13,14). The van der Waals surface area contributed by atoms with Gasteiger partial charge in [-0.3, -0.25) is 0 Å².